The summed E-state index contributed by atoms with van der Waals surface area (Å²) >= 11 is 0. The zero-order valence-electron chi connectivity index (χ0n) is 9.41. The van der Waals surface area contributed by atoms with Crippen molar-refractivity contribution in [3.63, 3.8) is 0 Å². The second-order valence-corrected chi connectivity index (χ2v) is 4.38. The van der Waals surface area contributed by atoms with Gasteiger partial charge in [-0.25, -0.2) is 0 Å². The second kappa shape index (κ2) is 5.75. The average molecular weight is 200 g/mol. The highest BCUT2D eigenvalue weighted by molar-refractivity contribution is 5.27. The van der Waals surface area contributed by atoms with Crippen molar-refractivity contribution in [1.29, 1.82) is 0 Å². The van der Waals surface area contributed by atoms with Gasteiger partial charge in [-0.05, 0) is 49.7 Å². The van der Waals surface area contributed by atoms with Crippen LogP contribution in [0.4, 0.5) is 0 Å². The molecule has 0 saturated carbocycles. The van der Waals surface area contributed by atoms with E-state index in [9.17, 15) is 0 Å². The minimum atomic E-state index is 1.21. The number of hydrogen-bond acceptors (Lipinski definition) is 0. The first kappa shape index (κ1) is 10.5. The molecule has 0 saturated heterocycles. The lowest BCUT2D eigenvalue weighted by atomic mass is 9.98. The number of hydrogen-bond donors (Lipinski definition) is 0. The molecule has 1 aromatic carbocycles. The fraction of sp³-hybridized carbons (Fsp3) is 0.467. The van der Waals surface area contributed by atoms with Crippen LogP contribution in [0.3, 0.4) is 0 Å². The Morgan fingerprint density at radius 3 is 2.27 bits per heavy atom. The highest BCUT2D eigenvalue weighted by Crippen LogP contribution is 2.16. The third-order valence-electron chi connectivity index (χ3n) is 3.18. The summed E-state index contributed by atoms with van der Waals surface area (Å²) in [6, 6.07) is 8.94. The van der Waals surface area contributed by atoms with Crippen molar-refractivity contribution >= 4 is 0 Å². The van der Waals surface area contributed by atoms with Gasteiger partial charge in [-0.1, -0.05) is 42.8 Å². The van der Waals surface area contributed by atoms with Crippen LogP contribution in [-0.2, 0) is 12.8 Å². The summed E-state index contributed by atoms with van der Waals surface area (Å²) in [5, 5.41) is 0. The van der Waals surface area contributed by atoms with Gasteiger partial charge in [-0.15, -0.1) is 0 Å². The summed E-state index contributed by atoms with van der Waals surface area (Å²) in [7, 11) is 0. The predicted molar refractivity (Wildman–Crippen MR) is 66.1 cm³/mol. The third-order valence-corrected chi connectivity index (χ3v) is 3.18. The van der Waals surface area contributed by atoms with E-state index < -0.39 is 0 Å². The molecule has 0 aromatic heterocycles. The topological polar surface area (TPSA) is 0 Å². The van der Waals surface area contributed by atoms with E-state index in [0.29, 0.717) is 0 Å². The molecule has 0 bridgehead atoms. The number of allylic oxidation sites excluding steroid dienone is 2. The Morgan fingerprint density at radius 1 is 0.667 bits per heavy atom. The van der Waals surface area contributed by atoms with E-state index in [4.69, 9.17) is 0 Å². The Morgan fingerprint density at radius 2 is 1.40 bits per heavy atom. The zero-order valence-corrected chi connectivity index (χ0v) is 9.41. The molecule has 0 heterocycles. The molecule has 0 amide bonds. The summed E-state index contributed by atoms with van der Waals surface area (Å²) in [6.07, 6.45) is 13.8. The van der Waals surface area contributed by atoms with Crippen molar-refractivity contribution in [2.45, 2.75) is 44.9 Å². The molecular weight excluding hydrogens is 180 g/mol. The van der Waals surface area contributed by atoms with Crippen LogP contribution in [0.1, 0.15) is 43.2 Å². The fourth-order valence-electron chi connectivity index (χ4n) is 2.27. The van der Waals surface area contributed by atoms with E-state index in [1.54, 1.807) is 11.1 Å². The summed E-state index contributed by atoms with van der Waals surface area (Å²) in [4.78, 5) is 0. The molecule has 1 aliphatic carbocycles. The molecule has 15 heavy (non-hydrogen) atoms. The van der Waals surface area contributed by atoms with E-state index in [0.717, 1.165) is 0 Å². The maximum absolute atomic E-state index is 2.36. The molecule has 0 fully saturated rings. The predicted octanol–water partition coefficient (Wildman–Crippen LogP) is 4.29. The van der Waals surface area contributed by atoms with E-state index in [1.807, 2.05) is 0 Å². The van der Waals surface area contributed by atoms with Crippen LogP contribution in [0, 0.1) is 0 Å². The summed E-state index contributed by atoms with van der Waals surface area (Å²) in [6.45, 7) is 0. The first-order chi connectivity index (χ1) is 7.47. The van der Waals surface area contributed by atoms with Gasteiger partial charge in [-0.2, -0.15) is 0 Å². The van der Waals surface area contributed by atoms with Crippen molar-refractivity contribution in [3.05, 3.63) is 47.5 Å². The van der Waals surface area contributed by atoms with Crippen molar-refractivity contribution in [3.8, 4) is 0 Å². The van der Waals surface area contributed by atoms with Gasteiger partial charge >= 0.3 is 0 Å². The van der Waals surface area contributed by atoms with Gasteiger partial charge in [0.1, 0.15) is 0 Å². The summed E-state index contributed by atoms with van der Waals surface area (Å²) < 4.78 is 0. The van der Waals surface area contributed by atoms with Crippen LogP contribution in [0.2, 0.25) is 0 Å². The van der Waals surface area contributed by atoms with Gasteiger partial charge in [0.15, 0.2) is 0 Å². The summed E-state index contributed by atoms with van der Waals surface area (Å²) in [5.74, 6) is 0. The Balaban J connectivity index is 2.11. The van der Waals surface area contributed by atoms with Crippen molar-refractivity contribution in [1.82, 2.24) is 0 Å². The molecular formula is C15H20. The summed E-state index contributed by atoms with van der Waals surface area (Å²) in [5.41, 5.74) is 3.14. The SMILES string of the molecule is C1=CCCc2ccccc2CCCCC1. The lowest BCUT2D eigenvalue weighted by molar-refractivity contribution is 0.686. The fourth-order valence-corrected chi connectivity index (χ4v) is 2.27. The van der Waals surface area contributed by atoms with Crippen molar-refractivity contribution in [2.24, 2.45) is 0 Å². The second-order valence-electron chi connectivity index (χ2n) is 4.38. The number of benzene rings is 1. The van der Waals surface area contributed by atoms with Crippen molar-refractivity contribution < 1.29 is 0 Å². The number of aryl methyl sites for hydroxylation is 2. The molecule has 0 nitrogen and oxygen atoms in total. The largest absolute Gasteiger partial charge is 0.0885 e. The quantitative estimate of drug-likeness (QED) is 0.548. The minimum absolute atomic E-state index is 1.21. The lowest BCUT2D eigenvalue weighted by Gasteiger charge is -2.07. The first-order valence-corrected chi connectivity index (χ1v) is 6.18. The van der Waals surface area contributed by atoms with Crippen LogP contribution in [-0.4, -0.2) is 0 Å². The third kappa shape index (κ3) is 3.23. The Kier molecular flexibility index (Phi) is 4.01. The monoisotopic (exact) mass is 200 g/mol. The molecule has 0 unspecified atom stereocenters. The average Bonchev–Trinajstić information content (AvgIpc) is 2.32. The molecule has 0 radical (unpaired) electrons. The molecule has 1 aromatic rings. The van der Waals surface area contributed by atoms with Gasteiger partial charge < -0.3 is 0 Å². The van der Waals surface area contributed by atoms with E-state index >= 15 is 0 Å². The van der Waals surface area contributed by atoms with Crippen molar-refractivity contribution in [2.75, 3.05) is 0 Å². The minimum Gasteiger partial charge on any atom is -0.0885 e. The Bertz CT molecular complexity index is 323. The van der Waals surface area contributed by atoms with E-state index in [2.05, 4.69) is 36.4 Å². The van der Waals surface area contributed by atoms with Crippen LogP contribution in [0.15, 0.2) is 36.4 Å². The molecule has 0 aliphatic heterocycles. The zero-order chi connectivity index (χ0) is 10.3. The molecule has 0 atom stereocenters. The van der Waals surface area contributed by atoms with Gasteiger partial charge in [0.05, 0.1) is 0 Å². The molecule has 2 rings (SSSR count). The van der Waals surface area contributed by atoms with Crippen LogP contribution in [0.25, 0.3) is 0 Å². The number of rotatable bonds is 0. The maximum atomic E-state index is 2.36. The smallest absolute Gasteiger partial charge is 0.0241 e. The molecule has 0 spiro atoms. The molecule has 1 aliphatic rings. The van der Waals surface area contributed by atoms with Gasteiger partial charge in [0.25, 0.3) is 0 Å². The van der Waals surface area contributed by atoms with Gasteiger partial charge in [0.2, 0.25) is 0 Å². The first-order valence-electron chi connectivity index (χ1n) is 6.18. The van der Waals surface area contributed by atoms with E-state index in [-0.39, 0.29) is 0 Å². The molecule has 0 N–H and O–H groups in total. The number of fused-ring (bicyclic) bond motifs is 1. The standard InChI is InChI=1S/C15H20/c1-2-4-6-10-14-12-8-9-13-15(14)11-7-5-3-1/h2,4,8-9,12-13H,1,3,5-7,10-11H2. The normalized spacial score (nSPS) is 17.9. The highest BCUT2D eigenvalue weighted by Gasteiger charge is 2.01. The van der Waals surface area contributed by atoms with Gasteiger partial charge in [-0.3, -0.25) is 0 Å². The van der Waals surface area contributed by atoms with Gasteiger partial charge in [0, 0.05) is 0 Å². The Hall–Kier alpha value is -1.04. The van der Waals surface area contributed by atoms with Crippen LogP contribution >= 0.6 is 0 Å². The molecule has 0 heteroatoms. The van der Waals surface area contributed by atoms with Crippen LogP contribution < -0.4 is 0 Å². The Labute approximate surface area is 93.0 Å². The maximum Gasteiger partial charge on any atom is -0.0241 e. The lowest BCUT2D eigenvalue weighted by Crippen LogP contribution is -1.93. The molecule has 80 valence electrons. The van der Waals surface area contributed by atoms with E-state index in [1.165, 1.54) is 44.9 Å². The highest BCUT2D eigenvalue weighted by atomic mass is 14.1. The van der Waals surface area contributed by atoms with Crippen LogP contribution in [0.5, 0.6) is 0 Å².